The minimum Gasteiger partial charge on any atom is -0.506 e. The van der Waals surface area contributed by atoms with Gasteiger partial charge in [0.05, 0.1) is 35.7 Å². The molecule has 42 heavy (non-hydrogen) atoms. The number of aromatic nitrogens is 2. The third-order valence-corrected chi connectivity index (χ3v) is 6.66. The lowest BCUT2D eigenvalue weighted by atomic mass is 10.0. The molecule has 2 heterocycles. The van der Waals surface area contributed by atoms with Crippen molar-refractivity contribution in [1.82, 2.24) is 20.3 Å². The van der Waals surface area contributed by atoms with Crippen LogP contribution in [0.2, 0.25) is 5.02 Å². The van der Waals surface area contributed by atoms with E-state index in [0.29, 0.717) is 18.8 Å². The standard InChI is InChI=1S/C32H26ClN5O4/c33-28-17-22(11-13-29(28)39)32(41)37-36-18-23-12-14-30(27-10-2-1-9-26(23)27)42-21-31(40)38(19-24-7-3-5-15-34-24)20-25-8-4-6-16-35-25/h1-18,39H,19-21H2,(H,37,41)/b36-18+. The number of phenolic OH excluding ortho intramolecular Hbond substituents is 1. The van der Waals surface area contributed by atoms with Crippen LogP contribution < -0.4 is 10.2 Å². The molecule has 10 heteroatoms. The number of pyridine rings is 2. The number of hydrogen-bond donors (Lipinski definition) is 2. The van der Waals surface area contributed by atoms with Gasteiger partial charge in [-0.25, -0.2) is 5.43 Å². The van der Waals surface area contributed by atoms with Gasteiger partial charge in [0, 0.05) is 28.9 Å². The van der Waals surface area contributed by atoms with Crippen LogP contribution >= 0.6 is 11.6 Å². The van der Waals surface area contributed by atoms with Crippen LogP contribution in [-0.2, 0) is 17.9 Å². The lowest BCUT2D eigenvalue weighted by Crippen LogP contribution is -2.34. The number of rotatable bonds is 10. The van der Waals surface area contributed by atoms with Crippen molar-refractivity contribution in [1.29, 1.82) is 0 Å². The summed E-state index contributed by atoms with van der Waals surface area (Å²) in [6.45, 7) is 0.456. The van der Waals surface area contributed by atoms with Gasteiger partial charge in [0.1, 0.15) is 11.5 Å². The zero-order valence-electron chi connectivity index (χ0n) is 22.4. The molecule has 0 radical (unpaired) electrons. The van der Waals surface area contributed by atoms with Crippen LogP contribution in [0.4, 0.5) is 0 Å². The lowest BCUT2D eigenvalue weighted by molar-refractivity contribution is -0.134. The number of fused-ring (bicyclic) bond motifs is 1. The monoisotopic (exact) mass is 579 g/mol. The first kappa shape index (κ1) is 28.3. The van der Waals surface area contributed by atoms with Crippen molar-refractivity contribution in [3.63, 3.8) is 0 Å². The molecule has 3 aromatic carbocycles. The van der Waals surface area contributed by atoms with E-state index in [9.17, 15) is 14.7 Å². The summed E-state index contributed by atoms with van der Waals surface area (Å²) >= 11 is 5.89. The van der Waals surface area contributed by atoms with Crippen LogP contribution in [0.1, 0.15) is 27.3 Å². The molecule has 2 amide bonds. The van der Waals surface area contributed by atoms with Crippen LogP contribution in [0.15, 0.2) is 108 Å². The number of hydrogen-bond acceptors (Lipinski definition) is 7. The number of hydrazone groups is 1. The van der Waals surface area contributed by atoms with Gasteiger partial charge in [-0.15, -0.1) is 0 Å². The Bertz CT molecular complexity index is 1690. The summed E-state index contributed by atoms with van der Waals surface area (Å²) in [5.41, 5.74) is 4.98. The van der Waals surface area contributed by atoms with Crippen LogP contribution in [0, 0.1) is 0 Å². The highest BCUT2D eigenvalue weighted by molar-refractivity contribution is 6.32. The molecule has 0 saturated carbocycles. The van der Waals surface area contributed by atoms with E-state index in [2.05, 4.69) is 20.5 Å². The second-order valence-corrected chi connectivity index (χ2v) is 9.65. The smallest absolute Gasteiger partial charge is 0.271 e. The lowest BCUT2D eigenvalue weighted by Gasteiger charge is -2.22. The fourth-order valence-corrected chi connectivity index (χ4v) is 4.42. The second kappa shape index (κ2) is 13.4. The molecule has 0 aliphatic rings. The Morgan fingerprint density at radius 1 is 0.881 bits per heavy atom. The van der Waals surface area contributed by atoms with Gasteiger partial charge in [0.25, 0.3) is 11.8 Å². The summed E-state index contributed by atoms with van der Waals surface area (Å²) in [4.78, 5) is 36.2. The zero-order chi connectivity index (χ0) is 29.3. The molecule has 5 aromatic rings. The van der Waals surface area contributed by atoms with Crippen LogP contribution in [0.25, 0.3) is 10.8 Å². The van der Waals surface area contributed by atoms with E-state index in [0.717, 1.165) is 27.7 Å². The normalized spacial score (nSPS) is 11.0. The second-order valence-electron chi connectivity index (χ2n) is 9.24. The molecule has 0 atom stereocenters. The summed E-state index contributed by atoms with van der Waals surface area (Å²) in [5.74, 6) is -0.259. The van der Waals surface area contributed by atoms with Crippen molar-refractivity contribution in [3.8, 4) is 11.5 Å². The largest absolute Gasteiger partial charge is 0.506 e. The van der Waals surface area contributed by atoms with Gasteiger partial charge in [-0.1, -0.05) is 48.0 Å². The number of nitrogens with one attached hydrogen (secondary N) is 1. The average molecular weight is 580 g/mol. The van der Waals surface area contributed by atoms with Gasteiger partial charge in [0.2, 0.25) is 0 Å². The number of phenols is 1. The van der Waals surface area contributed by atoms with Gasteiger partial charge in [-0.3, -0.25) is 19.6 Å². The minimum absolute atomic E-state index is 0.0725. The summed E-state index contributed by atoms with van der Waals surface area (Å²) in [5, 5.41) is 15.3. The maximum Gasteiger partial charge on any atom is 0.271 e. The molecule has 2 N–H and O–H groups in total. The maximum absolute atomic E-state index is 13.4. The van der Waals surface area contributed by atoms with Crippen molar-refractivity contribution >= 4 is 40.4 Å². The third kappa shape index (κ3) is 7.07. The van der Waals surface area contributed by atoms with E-state index in [1.165, 1.54) is 24.4 Å². The van der Waals surface area contributed by atoms with Crippen molar-refractivity contribution in [2.24, 2.45) is 5.10 Å². The predicted molar refractivity (Wildman–Crippen MR) is 160 cm³/mol. The maximum atomic E-state index is 13.4. The number of ether oxygens (including phenoxy) is 1. The zero-order valence-corrected chi connectivity index (χ0v) is 23.1. The molecule has 0 aliphatic carbocycles. The number of aromatic hydroxyl groups is 1. The van der Waals surface area contributed by atoms with Crippen molar-refractivity contribution < 1.29 is 19.4 Å². The molecular weight excluding hydrogens is 554 g/mol. The Balaban J connectivity index is 1.29. The third-order valence-electron chi connectivity index (χ3n) is 6.36. The Hall–Kier alpha value is -5.28. The molecule has 5 rings (SSSR count). The van der Waals surface area contributed by atoms with Crippen molar-refractivity contribution in [3.05, 3.63) is 131 Å². The molecule has 0 bridgehead atoms. The van der Waals surface area contributed by atoms with Gasteiger partial charge in [-0.2, -0.15) is 5.10 Å². The summed E-state index contributed by atoms with van der Waals surface area (Å²) in [6, 6.07) is 26.4. The van der Waals surface area contributed by atoms with Crippen LogP contribution in [0.5, 0.6) is 11.5 Å². The molecule has 0 fully saturated rings. The van der Waals surface area contributed by atoms with E-state index < -0.39 is 5.91 Å². The fourth-order valence-electron chi connectivity index (χ4n) is 4.24. The summed E-state index contributed by atoms with van der Waals surface area (Å²) in [7, 11) is 0. The van der Waals surface area contributed by atoms with Crippen LogP contribution in [0.3, 0.4) is 0 Å². The highest BCUT2D eigenvalue weighted by Gasteiger charge is 2.18. The Kier molecular flexibility index (Phi) is 9.00. The van der Waals surface area contributed by atoms with E-state index in [1.54, 1.807) is 29.4 Å². The Morgan fingerprint density at radius 3 is 2.19 bits per heavy atom. The summed E-state index contributed by atoms with van der Waals surface area (Å²) in [6.07, 6.45) is 4.92. The topological polar surface area (TPSA) is 117 Å². The van der Waals surface area contributed by atoms with E-state index in [4.69, 9.17) is 16.3 Å². The first-order valence-corrected chi connectivity index (χ1v) is 13.4. The van der Waals surface area contributed by atoms with Gasteiger partial charge in [-0.05, 0) is 60.0 Å². The fraction of sp³-hybridized carbons (Fsp3) is 0.0938. The number of carbonyl (C=O) groups is 2. The molecule has 0 aliphatic heterocycles. The molecule has 210 valence electrons. The number of amides is 2. The summed E-state index contributed by atoms with van der Waals surface area (Å²) < 4.78 is 6.03. The Morgan fingerprint density at radius 2 is 1.55 bits per heavy atom. The molecule has 0 spiro atoms. The highest BCUT2D eigenvalue weighted by atomic mass is 35.5. The van der Waals surface area contributed by atoms with Gasteiger partial charge >= 0.3 is 0 Å². The average Bonchev–Trinajstić information content (AvgIpc) is 3.02. The quantitative estimate of drug-likeness (QED) is 0.170. The Labute approximate surface area is 247 Å². The highest BCUT2D eigenvalue weighted by Crippen LogP contribution is 2.28. The number of benzene rings is 3. The first-order chi connectivity index (χ1) is 20.5. The molecule has 0 unspecified atom stereocenters. The first-order valence-electron chi connectivity index (χ1n) is 13.0. The number of halogens is 1. The van der Waals surface area contributed by atoms with Gasteiger partial charge in [0.15, 0.2) is 6.61 Å². The van der Waals surface area contributed by atoms with E-state index in [1.807, 2.05) is 60.7 Å². The number of nitrogens with zero attached hydrogens (tertiary/aromatic N) is 4. The molecule has 0 saturated heterocycles. The van der Waals surface area contributed by atoms with Crippen LogP contribution in [-0.4, -0.2) is 44.6 Å². The molecule has 2 aromatic heterocycles. The number of carbonyl (C=O) groups excluding carboxylic acids is 2. The minimum atomic E-state index is -0.475. The van der Waals surface area contributed by atoms with E-state index >= 15 is 0 Å². The predicted octanol–water partition coefficient (Wildman–Crippen LogP) is 5.36. The molecular formula is C32H26ClN5O4. The molecule has 9 nitrogen and oxygen atoms in total. The van der Waals surface area contributed by atoms with Gasteiger partial charge < -0.3 is 14.7 Å². The van der Waals surface area contributed by atoms with E-state index in [-0.39, 0.29) is 28.8 Å². The van der Waals surface area contributed by atoms with Crippen molar-refractivity contribution in [2.45, 2.75) is 13.1 Å². The van der Waals surface area contributed by atoms with Crippen molar-refractivity contribution in [2.75, 3.05) is 6.61 Å². The SMILES string of the molecule is O=C(N/N=C/c1ccc(OCC(=O)N(Cc2ccccn2)Cc2ccccn2)c2ccccc12)c1ccc(O)c(Cl)c1.